The van der Waals surface area contributed by atoms with Crippen LogP contribution in [-0.4, -0.2) is 34.1 Å². The molecule has 32 heavy (non-hydrogen) atoms. The van der Waals surface area contributed by atoms with Crippen molar-refractivity contribution in [1.29, 1.82) is 0 Å². The molecule has 3 aromatic carbocycles. The predicted molar refractivity (Wildman–Crippen MR) is 128 cm³/mol. The highest BCUT2D eigenvalue weighted by Gasteiger charge is 2.27. The lowest BCUT2D eigenvalue weighted by Gasteiger charge is -2.28. The van der Waals surface area contributed by atoms with E-state index in [9.17, 15) is 9.59 Å². The van der Waals surface area contributed by atoms with Gasteiger partial charge in [-0.2, -0.15) is 0 Å². The first kappa shape index (κ1) is 20.1. The van der Waals surface area contributed by atoms with E-state index in [0.717, 1.165) is 22.5 Å². The van der Waals surface area contributed by atoms with Gasteiger partial charge in [0.2, 0.25) is 11.8 Å². The van der Waals surface area contributed by atoms with E-state index in [1.165, 1.54) is 16.7 Å². The van der Waals surface area contributed by atoms with Gasteiger partial charge in [-0.3, -0.25) is 9.59 Å². The number of nitrogens with zero attached hydrogens (tertiary/aromatic N) is 2. The summed E-state index contributed by atoms with van der Waals surface area (Å²) in [4.78, 5) is 34.7. The summed E-state index contributed by atoms with van der Waals surface area (Å²) < 4.78 is 0. The number of hydrogen-bond donors (Lipinski definition) is 2. The molecular formula is C25H20N4O2S. The van der Waals surface area contributed by atoms with Gasteiger partial charge in [0.25, 0.3) is 0 Å². The van der Waals surface area contributed by atoms with Gasteiger partial charge in [0.1, 0.15) is 6.54 Å². The van der Waals surface area contributed by atoms with E-state index in [0.29, 0.717) is 16.5 Å². The molecule has 4 aromatic rings. The molecule has 0 bridgehead atoms. The molecule has 5 rings (SSSR count). The van der Waals surface area contributed by atoms with Gasteiger partial charge in [0.05, 0.1) is 28.5 Å². The van der Waals surface area contributed by atoms with Gasteiger partial charge in [-0.15, -0.1) is 0 Å². The van der Waals surface area contributed by atoms with E-state index < -0.39 is 0 Å². The largest absolute Gasteiger partial charge is 0.332 e. The van der Waals surface area contributed by atoms with Gasteiger partial charge < -0.3 is 15.2 Å². The summed E-state index contributed by atoms with van der Waals surface area (Å²) in [5.41, 5.74) is 5.15. The number of fused-ring (bicyclic) bond motifs is 1. The summed E-state index contributed by atoms with van der Waals surface area (Å²) in [5, 5.41) is 3.47. The van der Waals surface area contributed by atoms with Gasteiger partial charge in [-0.05, 0) is 12.1 Å². The summed E-state index contributed by atoms with van der Waals surface area (Å²) in [5.74, 6) is -0.175. The monoisotopic (exact) mass is 440 g/mol. The molecule has 1 aromatic heterocycles. The Morgan fingerprint density at radius 3 is 2.31 bits per heavy atom. The third-order valence-electron chi connectivity index (χ3n) is 5.20. The summed E-state index contributed by atoms with van der Waals surface area (Å²) in [7, 11) is 0. The van der Waals surface area contributed by atoms with Crippen molar-refractivity contribution in [1.82, 2.24) is 9.97 Å². The summed E-state index contributed by atoms with van der Waals surface area (Å²) in [6.45, 7) is 0.0130. The van der Waals surface area contributed by atoms with Gasteiger partial charge >= 0.3 is 0 Å². The topological polar surface area (TPSA) is 78.1 Å². The number of rotatable bonds is 5. The minimum absolute atomic E-state index is 0.0130. The fraction of sp³-hybridized carbons (Fsp3) is 0.0800. The van der Waals surface area contributed by atoms with Crippen molar-refractivity contribution in [2.75, 3.05) is 22.5 Å². The SMILES string of the molecule is O=C1CN(C(=O)CSc2nc(-c3ccccc3)c(-c3ccccc3)[nH]2)c2ccccc2N1. The standard InChI is InChI=1S/C25H20N4O2S/c30-21-15-29(20-14-8-7-13-19(20)26-21)22(31)16-32-25-27-23(17-9-3-1-4-10-17)24(28-25)18-11-5-2-6-12-18/h1-14H,15-16H2,(H,26,30)(H,27,28). The number of carbonyl (C=O) groups is 2. The van der Waals surface area contributed by atoms with Gasteiger partial charge in [-0.1, -0.05) is 84.6 Å². The second-order valence-corrected chi connectivity index (χ2v) is 8.30. The van der Waals surface area contributed by atoms with Crippen LogP contribution in [0.5, 0.6) is 0 Å². The molecule has 1 aliphatic rings. The van der Waals surface area contributed by atoms with Crippen molar-refractivity contribution >= 4 is 35.0 Å². The Balaban J connectivity index is 1.40. The van der Waals surface area contributed by atoms with E-state index in [-0.39, 0.29) is 24.1 Å². The van der Waals surface area contributed by atoms with Crippen molar-refractivity contribution in [2.24, 2.45) is 0 Å². The summed E-state index contributed by atoms with van der Waals surface area (Å²) in [6, 6.07) is 27.3. The van der Waals surface area contributed by atoms with E-state index in [1.54, 1.807) is 6.07 Å². The number of aromatic nitrogens is 2. The number of aromatic amines is 1. The van der Waals surface area contributed by atoms with E-state index in [4.69, 9.17) is 4.98 Å². The first-order valence-electron chi connectivity index (χ1n) is 10.2. The zero-order valence-electron chi connectivity index (χ0n) is 17.1. The maximum atomic E-state index is 13.0. The number of benzene rings is 3. The van der Waals surface area contributed by atoms with Crippen LogP contribution >= 0.6 is 11.8 Å². The molecule has 0 spiro atoms. The fourth-order valence-corrected chi connectivity index (χ4v) is 4.45. The van der Waals surface area contributed by atoms with Crippen molar-refractivity contribution < 1.29 is 9.59 Å². The Hall–Kier alpha value is -3.84. The van der Waals surface area contributed by atoms with Crippen LogP contribution < -0.4 is 10.2 Å². The first-order valence-corrected chi connectivity index (χ1v) is 11.2. The molecule has 2 N–H and O–H groups in total. The first-order chi connectivity index (χ1) is 15.7. The highest BCUT2D eigenvalue weighted by atomic mass is 32.2. The quantitative estimate of drug-likeness (QED) is 0.436. The van der Waals surface area contributed by atoms with Crippen LogP contribution in [0.4, 0.5) is 11.4 Å². The van der Waals surface area contributed by atoms with Crippen molar-refractivity contribution in [3.05, 3.63) is 84.9 Å². The lowest BCUT2D eigenvalue weighted by Crippen LogP contribution is -2.43. The van der Waals surface area contributed by atoms with Crippen molar-refractivity contribution in [3.63, 3.8) is 0 Å². The second kappa shape index (κ2) is 8.72. The van der Waals surface area contributed by atoms with Crippen LogP contribution in [0, 0.1) is 0 Å². The van der Waals surface area contributed by atoms with Crippen LogP contribution in [0.3, 0.4) is 0 Å². The third-order valence-corrected chi connectivity index (χ3v) is 6.05. The molecule has 2 amide bonds. The van der Waals surface area contributed by atoms with E-state index in [1.807, 2.05) is 78.9 Å². The second-order valence-electron chi connectivity index (χ2n) is 7.33. The fourth-order valence-electron chi connectivity index (χ4n) is 3.70. The highest BCUT2D eigenvalue weighted by Crippen LogP contribution is 2.33. The molecule has 0 unspecified atom stereocenters. The lowest BCUT2D eigenvalue weighted by molar-refractivity contribution is -0.120. The minimum atomic E-state index is -0.197. The number of amides is 2. The van der Waals surface area contributed by atoms with Crippen LogP contribution in [0.15, 0.2) is 90.1 Å². The third kappa shape index (κ3) is 4.02. The van der Waals surface area contributed by atoms with Gasteiger partial charge in [0, 0.05) is 11.1 Å². The summed E-state index contributed by atoms with van der Waals surface area (Å²) in [6.07, 6.45) is 0. The van der Waals surface area contributed by atoms with Crippen LogP contribution in [0.25, 0.3) is 22.5 Å². The average molecular weight is 441 g/mol. The minimum Gasteiger partial charge on any atom is -0.332 e. The molecule has 0 radical (unpaired) electrons. The number of carbonyl (C=O) groups excluding carboxylic acids is 2. The lowest BCUT2D eigenvalue weighted by atomic mass is 10.1. The number of nitrogens with one attached hydrogen (secondary N) is 2. The Bertz CT molecular complexity index is 1210. The molecular weight excluding hydrogens is 420 g/mol. The number of anilines is 2. The summed E-state index contributed by atoms with van der Waals surface area (Å²) >= 11 is 1.33. The molecule has 6 nitrogen and oxygen atoms in total. The molecule has 0 saturated heterocycles. The maximum absolute atomic E-state index is 13.0. The van der Waals surface area contributed by atoms with Crippen LogP contribution in [0.1, 0.15) is 0 Å². The average Bonchev–Trinajstić information content (AvgIpc) is 3.27. The molecule has 7 heteroatoms. The number of thioether (sulfide) groups is 1. The Morgan fingerprint density at radius 1 is 0.906 bits per heavy atom. The molecule has 2 heterocycles. The Kier molecular flexibility index (Phi) is 5.47. The highest BCUT2D eigenvalue weighted by molar-refractivity contribution is 7.99. The number of para-hydroxylation sites is 2. The maximum Gasteiger partial charge on any atom is 0.244 e. The zero-order valence-corrected chi connectivity index (χ0v) is 17.9. The molecule has 158 valence electrons. The number of hydrogen-bond acceptors (Lipinski definition) is 4. The van der Waals surface area contributed by atoms with Gasteiger partial charge in [-0.25, -0.2) is 4.98 Å². The molecule has 0 fully saturated rings. The van der Waals surface area contributed by atoms with Crippen molar-refractivity contribution in [3.8, 4) is 22.5 Å². The number of imidazole rings is 1. The normalized spacial score (nSPS) is 12.9. The van der Waals surface area contributed by atoms with Crippen LogP contribution in [0.2, 0.25) is 0 Å². The Morgan fingerprint density at radius 2 is 1.56 bits per heavy atom. The van der Waals surface area contributed by atoms with E-state index >= 15 is 0 Å². The predicted octanol–water partition coefficient (Wildman–Crippen LogP) is 4.82. The molecule has 0 aliphatic carbocycles. The Labute approximate surface area is 189 Å². The van der Waals surface area contributed by atoms with E-state index in [2.05, 4.69) is 10.3 Å². The zero-order chi connectivity index (χ0) is 21.9. The molecule has 0 atom stereocenters. The molecule has 0 saturated carbocycles. The van der Waals surface area contributed by atoms with Crippen molar-refractivity contribution in [2.45, 2.75) is 5.16 Å². The van der Waals surface area contributed by atoms with Gasteiger partial charge in [0.15, 0.2) is 5.16 Å². The number of H-pyrrole nitrogens is 1. The smallest absolute Gasteiger partial charge is 0.244 e. The van der Waals surface area contributed by atoms with Crippen LogP contribution in [-0.2, 0) is 9.59 Å². The molecule has 1 aliphatic heterocycles.